The molecule has 1 aromatic carbocycles. The van der Waals surface area contributed by atoms with Crippen molar-refractivity contribution in [2.24, 2.45) is 69.0 Å². The summed E-state index contributed by atoms with van der Waals surface area (Å²) in [6.45, 7) is 22.4. The van der Waals surface area contributed by atoms with E-state index in [-0.39, 0.29) is 10.8 Å². The van der Waals surface area contributed by atoms with Crippen molar-refractivity contribution in [2.45, 2.75) is 124 Å². The van der Waals surface area contributed by atoms with Gasteiger partial charge in [-0.25, -0.2) is 4.79 Å². The number of rotatable bonds is 9. The number of benzene rings is 1. The Balaban J connectivity index is 1.02. The van der Waals surface area contributed by atoms with Gasteiger partial charge >= 0.3 is 5.97 Å². The van der Waals surface area contributed by atoms with Gasteiger partial charge < -0.3 is 20.5 Å². The molecule has 0 bridgehead atoms. The Hall–Kier alpha value is -1.69. The SMILES string of the molecule is CC(C)[C@@H]1CC[C@]2(NCCNC[C@H]3OCC4CC43)CC[C@]3(C)[C@H](CC[C@@H]4[C@@]5(C)CC=C(c6ccc(C(=O)O)cc6)C(C)(C)[C@@H]5CC[C@]43C)[C@@H]12. The molecule has 1 aliphatic heterocycles. The molecule has 0 radical (unpaired) electrons. The molecule has 5 saturated carbocycles. The second-order valence-electron chi connectivity index (χ2n) is 19.9. The maximum absolute atomic E-state index is 11.6. The molecule has 6 fully saturated rings. The van der Waals surface area contributed by atoms with E-state index in [0.29, 0.717) is 34.0 Å². The molecule has 12 atom stereocenters. The monoisotopic (exact) mass is 671 g/mol. The standard InChI is InChI=1S/C44H66N2O3/c1-27(2)31-14-19-44(46-23-22-45-25-35-32-24-30(32)26-49-35)21-20-42(6)34(38(31)44)12-13-37-41(5)17-15-33(28-8-10-29(11-9-28)39(47)48)40(3,4)36(41)16-18-43(37,42)7/h8-11,15,27,30-32,34-38,45-46H,12-14,16-26H2,1-7H3,(H,47,48)/t30?,31-,32?,34+,35+,36-,37+,38+,41-,42+,43+,44-/m0/s1. The molecule has 0 aromatic heterocycles. The normalized spacial score (nSPS) is 46.2. The Morgan fingerprint density at radius 3 is 2.37 bits per heavy atom. The third-order valence-electron chi connectivity index (χ3n) is 17.5. The van der Waals surface area contributed by atoms with Gasteiger partial charge in [0.05, 0.1) is 18.3 Å². The van der Waals surface area contributed by atoms with Crippen molar-refractivity contribution in [1.82, 2.24) is 10.6 Å². The van der Waals surface area contributed by atoms with Crippen LogP contribution in [0.5, 0.6) is 0 Å². The zero-order valence-electron chi connectivity index (χ0n) is 31.7. The lowest BCUT2D eigenvalue weighted by atomic mass is 9.33. The van der Waals surface area contributed by atoms with Crippen LogP contribution in [0, 0.1) is 69.0 Å². The predicted octanol–water partition coefficient (Wildman–Crippen LogP) is 9.08. The second-order valence-corrected chi connectivity index (χ2v) is 19.9. The van der Waals surface area contributed by atoms with E-state index >= 15 is 0 Å². The fraction of sp³-hybridized carbons (Fsp3) is 0.795. The first-order chi connectivity index (χ1) is 23.3. The highest BCUT2D eigenvalue weighted by Crippen LogP contribution is 2.76. The minimum atomic E-state index is -0.849. The van der Waals surface area contributed by atoms with Crippen molar-refractivity contribution in [3.05, 3.63) is 41.5 Å². The highest BCUT2D eigenvalue weighted by molar-refractivity contribution is 5.88. The summed E-state index contributed by atoms with van der Waals surface area (Å²) in [5.41, 5.74) is 4.36. The second kappa shape index (κ2) is 11.9. The van der Waals surface area contributed by atoms with Gasteiger partial charge in [-0.1, -0.05) is 66.7 Å². The molecule has 1 aromatic rings. The van der Waals surface area contributed by atoms with E-state index in [1.807, 2.05) is 0 Å². The first-order valence-corrected chi connectivity index (χ1v) is 20.4. The van der Waals surface area contributed by atoms with Gasteiger partial charge in [-0.15, -0.1) is 0 Å². The van der Waals surface area contributed by atoms with E-state index < -0.39 is 5.97 Å². The molecular weight excluding hydrogens is 604 g/mol. The average Bonchev–Trinajstić information content (AvgIpc) is 3.56. The summed E-state index contributed by atoms with van der Waals surface area (Å²) in [5, 5.41) is 17.6. The molecule has 0 amide bonds. The lowest BCUT2D eigenvalue weighted by molar-refractivity contribution is -0.221. The van der Waals surface area contributed by atoms with E-state index in [2.05, 4.69) is 77.3 Å². The highest BCUT2D eigenvalue weighted by atomic mass is 16.5. The summed E-state index contributed by atoms with van der Waals surface area (Å²) in [4.78, 5) is 11.6. The van der Waals surface area contributed by atoms with Crippen molar-refractivity contribution in [2.75, 3.05) is 26.2 Å². The van der Waals surface area contributed by atoms with Crippen LogP contribution in [-0.2, 0) is 4.74 Å². The largest absolute Gasteiger partial charge is 0.478 e. The van der Waals surface area contributed by atoms with Crippen LogP contribution in [0.15, 0.2) is 30.3 Å². The van der Waals surface area contributed by atoms with E-state index in [1.165, 1.54) is 68.9 Å². The first-order valence-electron chi connectivity index (χ1n) is 20.4. The summed E-state index contributed by atoms with van der Waals surface area (Å²) in [6, 6.07) is 7.68. The summed E-state index contributed by atoms with van der Waals surface area (Å²) in [5.74, 6) is 5.36. The van der Waals surface area contributed by atoms with Gasteiger partial charge in [-0.3, -0.25) is 0 Å². The van der Waals surface area contributed by atoms with Crippen molar-refractivity contribution in [3.63, 3.8) is 0 Å². The highest BCUT2D eigenvalue weighted by Gasteiger charge is 2.70. The number of nitrogens with one attached hydrogen (secondary N) is 2. The lowest BCUT2D eigenvalue weighted by Crippen LogP contribution is -2.68. The van der Waals surface area contributed by atoms with Crippen molar-refractivity contribution < 1.29 is 14.6 Å². The van der Waals surface area contributed by atoms with E-state index in [4.69, 9.17) is 4.74 Å². The number of aromatic carboxylic acids is 1. The zero-order chi connectivity index (χ0) is 34.6. The van der Waals surface area contributed by atoms with Crippen molar-refractivity contribution in [1.29, 1.82) is 0 Å². The fourth-order valence-corrected chi connectivity index (χ4v) is 14.7. The van der Waals surface area contributed by atoms with Crippen LogP contribution in [0.2, 0.25) is 0 Å². The summed E-state index contributed by atoms with van der Waals surface area (Å²) in [7, 11) is 0. The van der Waals surface area contributed by atoms with Crippen LogP contribution in [0.3, 0.4) is 0 Å². The number of fused-ring (bicyclic) bond motifs is 8. The molecule has 270 valence electrons. The Bertz CT molecular complexity index is 1470. The molecule has 1 saturated heterocycles. The summed E-state index contributed by atoms with van der Waals surface area (Å²) >= 11 is 0. The van der Waals surface area contributed by atoms with Gasteiger partial charge in [0.1, 0.15) is 0 Å². The molecule has 1 heterocycles. The minimum Gasteiger partial charge on any atom is -0.478 e. The zero-order valence-corrected chi connectivity index (χ0v) is 31.7. The Labute approximate surface area is 297 Å². The predicted molar refractivity (Wildman–Crippen MR) is 198 cm³/mol. The molecule has 8 rings (SSSR count). The molecule has 2 unspecified atom stereocenters. The summed E-state index contributed by atoms with van der Waals surface area (Å²) in [6.07, 6.45) is 16.4. The van der Waals surface area contributed by atoms with Gasteiger partial charge in [0.2, 0.25) is 0 Å². The average molecular weight is 671 g/mol. The molecule has 5 heteroatoms. The van der Waals surface area contributed by atoms with Gasteiger partial charge in [0.15, 0.2) is 0 Å². The van der Waals surface area contributed by atoms with Crippen LogP contribution >= 0.6 is 0 Å². The molecule has 3 N–H and O–H groups in total. The van der Waals surface area contributed by atoms with Crippen LogP contribution in [0.4, 0.5) is 0 Å². The van der Waals surface area contributed by atoms with Crippen LogP contribution in [0.1, 0.15) is 129 Å². The van der Waals surface area contributed by atoms with Crippen LogP contribution < -0.4 is 10.6 Å². The first kappa shape index (κ1) is 34.4. The molecule has 49 heavy (non-hydrogen) atoms. The molecule has 6 aliphatic carbocycles. The Kier molecular flexibility index (Phi) is 8.37. The number of hydrogen-bond acceptors (Lipinski definition) is 4. The third kappa shape index (κ3) is 5.12. The quantitative estimate of drug-likeness (QED) is 0.229. The van der Waals surface area contributed by atoms with E-state index in [1.54, 1.807) is 12.1 Å². The van der Waals surface area contributed by atoms with Gasteiger partial charge in [-0.2, -0.15) is 0 Å². The molecule has 7 aliphatic rings. The number of ether oxygens (including phenoxy) is 1. The summed E-state index contributed by atoms with van der Waals surface area (Å²) < 4.78 is 6.03. The number of allylic oxidation sites excluding steroid dienone is 2. The topological polar surface area (TPSA) is 70.6 Å². The van der Waals surface area contributed by atoms with Gasteiger partial charge in [-0.05, 0) is 156 Å². The fourth-order valence-electron chi connectivity index (χ4n) is 14.7. The van der Waals surface area contributed by atoms with E-state index in [9.17, 15) is 9.90 Å². The molecular formula is C44H66N2O3. The van der Waals surface area contributed by atoms with Crippen molar-refractivity contribution in [3.8, 4) is 0 Å². The Morgan fingerprint density at radius 2 is 1.69 bits per heavy atom. The van der Waals surface area contributed by atoms with Crippen molar-refractivity contribution >= 4 is 11.5 Å². The van der Waals surface area contributed by atoms with Gasteiger partial charge in [0, 0.05) is 25.2 Å². The number of carbonyl (C=O) groups is 1. The molecule has 5 nitrogen and oxygen atoms in total. The number of carboxylic acids is 1. The van der Waals surface area contributed by atoms with Crippen LogP contribution in [-0.4, -0.2) is 49.0 Å². The molecule has 0 spiro atoms. The third-order valence-corrected chi connectivity index (χ3v) is 17.5. The van der Waals surface area contributed by atoms with Crippen LogP contribution in [0.25, 0.3) is 5.57 Å². The number of carboxylic acid groups (broad SMARTS) is 1. The number of hydrogen-bond donors (Lipinski definition) is 3. The van der Waals surface area contributed by atoms with E-state index in [0.717, 1.165) is 74.1 Å². The smallest absolute Gasteiger partial charge is 0.335 e. The Morgan fingerprint density at radius 1 is 0.918 bits per heavy atom. The maximum Gasteiger partial charge on any atom is 0.335 e. The lowest BCUT2D eigenvalue weighted by Gasteiger charge is -2.72. The van der Waals surface area contributed by atoms with Gasteiger partial charge in [0.25, 0.3) is 0 Å². The minimum absolute atomic E-state index is 0.0505. The maximum atomic E-state index is 11.6.